The lowest BCUT2D eigenvalue weighted by Crippen LogP contribution is -2.11. The Morgan fingerprint density at radius 3 is 1.65 bits per heavy atom. The molecule has 0 aliphatic carbocycles. The van der Waals surface area contributed by atoms with Crippen molar-refractivity contribution in [1.82, 2.24) is 9.97 Å². The number of halogens is 1. The predicted octanol–water partition coefficient (Wildman–Crippen LogP) is 2.78. The van der Waals surface area contributed by atoms with Crippen LogP contribution < -0.4 is 9.47 Å². The van der Waals surface area contributed by atoms with Gasteiger partial charge in [-0.25, -0.2) is 14.4 Å². The summed E-state index contributed by atoms with van der Waals surface area (Å²) in [5.74, 6) is 0.303. The van der Waals surface area contributed by atoms with Crippen molar-refractivity contribution in [2.24, 2.45) is 0 Å². The molecule has 0 radical (unpaired) electrons. The summed E-state index contributed by atoms with van der Waals surface area (Å²) in [5, 5.41) is 0. The number of rotatable bonds is 14. The van der Waals surface area contributed by atoms with Crippen LogP contribution in [-0.4, -0.2) is 64.9 Å². The third-order valence-corrected chi connectivity index (χ3v) is 3.79. The molecule has 1 heterocycles. The molecule has 0 spiro atoms. The van der Waals surface area contributed by atoms with Crippen LogP contribution in [0.25, 0.3) is 22.1 Å². The van der Waals surface area contributed by atoms with Crippen LogP contribution in [0.3, 0.4) is 0 Å². The number of benzene rings is 2. The molecular weight excluding hydrogens is 415 g/mol. The monoisotopic (exact) mass is 438 g/mol. The van der Waals surface area contributed by atoms with E-state index >= 15 is 0 Å². The van der Waals surface area contributed by atoms with Gasteiger partial charge in [-0.1, -0.05) is 0 Å². The minimum Gasteiger partial charge on any atom is -0.463 e. The Morgan fingerprint density at radius 1 is 0.613 bits per heavy atom. The highest BCUT2D eigenvalue weighted by atomic mass is 19.1. The number of nitrogens with zero attached hydrogens (tertiary/aromatic N) is 2. The van der Waals surface area contributed by atoms with E-state index < -0.39 is 5.82 Å². The highest BCUT2D eigenvalue weighted by molar-refractivity contribution is 5.88. The standard InChI is InChI=1S/C20H23FN2O8/c1-24-8-26-10-28-12-30-19-6-17-18(7-20(19)31-13-29-11-27-9-25-2)23-16-5-14(21)3-4-15(16)22-17/h3-7H,8-13H2,1-2H3. The molecule has 0 N–H and O–H groups in total. The fourth-order valence-electron chi connectivity index (χ4n) is 2.51. The molecule has 0 bridgehead atoms. The fourth-order valence-corrected chi connectivity index (χ4v) is 2.51. The second kappa shape index (κ2) is 12.2. The molecule has 2 aromatic carbocycles. The summed E-state index contributed by atoms with van der Waals surface area (Å²) in [7, 11) is 3.02. The highest BCUT2D eigenvalue weighted by Crippen LogP contribution is 2.32. The maximum atomic E-state index is 13.5. The van der Waals surface area contributed by atoms with Crippen LogP contribution >= 0.6 is 0 Å². The van der Waals surface area contributed by atoms with Crippen molar-refractivity contribution < 1.29 is 42.3 Å². The number of hydrogen-bond donors (Lipinski definition) is 0. The molecule has 0 aliphatic heterocycles. The summed E-state index contributed by atoms with van der Waals surface area (Å²) in [4.78, 5) is 8.96. The van der Waals surface area contributed by atoms with E-state index in [0.717, 1.165) is 0 Å². The second-order valence-corrected chi connectivity index (χ2v) is 6.03. The Kier molecular flexibility index (Phi) is 9.09. The smallest absolute Gasteiger partial charge is 0.191 e. The van der Waals surface area contributed by atoms with Crippen LogP contribution in [0.4, 0.5) is 4.39 Å². The van der Waals surface area contributed by atoms with E-state index in [1.807, 2.05) is 0 Å². The zero-order valence-electron chi connectivity index (χ0n) is 17.2. The molecule has 0 atom stereocenters. The first-order valence-corrected chi connectivity index (χ1v) is 9.16. The van der Waals surface area contributed by atoms with Crippen molar-refractivity contribution in [3.8, 4) is 11.5 Å². The zero-order chi connectivity index (χ0) is 21.9. The third-order valence-electron chi connectivity index (χ3n) is 3.79. The van der Waals surface area contributed by atoms with Crippen LogP contribution in [0.1, 0.15) is 0 Å². The SMILES string of the molecule is COCOCOCOc1cc2nc3ccc(F)cc3nc2cc1OCOCOCOC. The van der Waals surface area contributed by atoms with Crippen molar-refractivity contribution in [3.05, 3.63) is 36.1 Å². The van der Waals surface area contributed by atoms with E-state index in [0.29, 0.717) is 33.6 Å². The molecule has 10 nitrogen and oxygen atoms in total. The lowest BCUT2D eigenvalue weighted by atomic mass is 10.2. The molecule has 0 amide bonds. The Labute approximate surface area is 177 Å². The average molecular weight is 438 g/mol. The Balaban J connectivity index is 1.75. The van der Waals surface area contributed by atoms with E-state index in [4.69, 9.17) is 37.9 Å². The molecule has 168 valence electrons. The van der Waals surface area contributed by atoms with Gasteiger partial charge in [0.2, 0.25) is 0 Å². The molecule has 11 heteroatoms. The molecule has 0 saturated heterocycles. The van der Waals surface area contributed by atoms with Crippen LogP contribution in [0.15, 0.2) is 30.3 Å². The van der Waals surface area contributed by atoms with Gasteiger partial charge in [0.1, 0.15) is 19.4 Å². The number of methoxy groups -OCH3 is 2. The fraction of sp³-hybridized carbons (Fsp3) is 0.400. The van der Waals surface area contributed by atoms with Gasteiger partial charge >= 0.3 is 0 Å². The van der Waals surface area contributed by atoms with Crippen LogP contribution in [0.5, 0.6) is 11.5 Å². The predicted molar refractivity (Wildman–Crippen MR) is 106 cm³/mol. The quantitative estimate of drug-likeness (QED) is 0.212. The summed E-state index contributed by atoms with van der Waals surface area (Å²) in [5.41, 5.74) is 2.02. The first-order valence-electron chi connectivity index (χ1n) is 9.16. The Hall–Kier alpha value is -2.67. The minimum atomic E-state index is -0.394. The summed E-state index contributed by atoms with van der Waals surface area (Å²) in [6.45, 7) is -0.0222. The molecule has 3 rings (SSSR count). The van der Waals surface area contributed by atoms with Gasteiger partial charge in [0.05, 0.1) is 22.1 Å². The number of hydrogen-bond acceptors (Lipinski definition) is 10. The van der Waals surface area contributed by atoms with E-state index in [1.54, 1.807) is 18.2 Å². The van der Waals surface area contributed by atoms with Crippen molar-refractivity contribution >= 4 is 22.1 Å². The number of ether oxygens (including phenoxy) is 8. The second-order valence-electron chi connectivity index (χ2n) is 6.03. The Bertz CT molecular complexity index is 975. The molecular formula is C20H23FN2O8. The molecule has 3 aromatic rings. The van der Waals surface area contributed by atoms with Crippen LogP contribution in [0.2, 0.25) is 0 Å². The van der Waals surface area contributed by atoms with Gasteiger partial charge in [0.25, 0.3) is 0 Å². The summed E-state index contributed by atoms with van der Waals surface area (Å²) in [6.07, 6.45) is 0. The lowest BCUT2D eigenvalue weighted by Gasteiger charge is -2.14. The van der Waals surface area contributed by atoms with Gasteiger partial charge in [-0.3, -0.25) is 0 Å². The van der Waals surface area contributed by atoms with Gasteiger partial charge in [0, 0.05) is 32.4 Å². The molecule has 0 saturated carbocycles. The summed E-state index contributed by atoms with van der Waals surface area (Å²) < 4.78 is 54.9. The van der Waals surface area contributed by atoms with E-state index in [2.05, 4.69) is 9.97 Å². The molecule has 0 aliphatic rings. The Morgan fingerprint density at radius 2 is 1.10 bits per heavy atom. The normalized spacial score (nSPS) is 11.3. The van der Waals surface area contributed by atoms with Gasteiger partial charge < -0.3 is 37.9 Å². The maximum absolute atomic E-state index is 13.5. The molecule has 0 fully saturated rings. The van der Waals surface area contributed by atoms with Crippen molar-refractivity contribution in [1.29, 1.82) is 0 Å². The van der Waals surface area contributed by atoms with Gasteiger partial charge in [-0.15, -0.1) is 0 Å². The first-order chi connectivity index (χ1) is 15.2. The van der Waals surface area contributed by atoms with Crippen LogP contribution in [0, 0.1) is 5.82 Å². The highest BCUT2D eigenvalue weighted by Gasteiger charge is 2.12. The zero-order valence-corrected chi connectivity index (χ0v) is 17.2. The van der Waals surface area contributed by atoms with Gasteiger partial charge in [0.15, 0.2) is 38.7 Å². The van der Waals surface area contributed by atoms with Gasteiger partial charge in [-0.05, 0) is 12.1 Å². The van der Waals surface area contributed by atoms with E-state index in [9.17, 15) is 4.39 Å². The maximum Gasteiger partial charge on any atom is 0.191 e. The summed E-state index contributed by atoms with van der Waals surface area (Å²) in [6, 6.07) is 7.49. The van der Waals surface area contributed by atoms with Crippen LogP contribution in [-0.2, 0) is 28.4 Å². The lowest BCUT2D eigenvalue weighted by molar-refractivity contribution is -0.148. The number of fused-ring (bicyclic) bond motifs is 2. The third kappa shape index (κ3) is 6.92. The summed E-state index contributed by atoms with van der Waals surface area (Å²) >= 11 is 0. The van der Waals surface area contributed by atoms with Crippen molar-refractivity contribution in [2.75, 3.05) is 55.0 Å². The molecule has 1 aromatic heterocycles. The average Bonchev–Trinajstić information content (AvgIpc) is 2.77. The largest absolute Gasteiger partial charge is 0.463 e. The van der Waals surface area contributed by atoms with Crippen molar-refractivity contribution in [3.63, 3.8) is 0 Å². The van der Waals surface area contributed by atoms with E-state index in [1.165, 1.54) is 26.4 Å². The molecule has 31 heavy (non-hydrogen) atoms. The topological polar surface area (TPSA) is 99.6 Å². The first kappa shape index (κ1) is 23.0. The number of aromatic nitrogens is 2. The van der Waals surface area contributed by atoms with Crippen molar-refractivity contribution in [2.45, 2.75) is 0 Å². The van der Waals surface area contributed by atoms with Gasteiger partial charge in [-0.2, -0.15) is 0 Å². The van der Waals surface area contributed by atoms with E-state index in [-0.39, 0.29) is 40.8 Å². The molecule has 0 unspecified atom stereocenters. The minimum absolute atomic E-state index is 0.00638.